The number of anilines is 1. The van der Waals surface area contributed by atoms with Crippen LogP contribution in [0.5, 0.6) is 0 Å². The molecule has 4 bridgehead atoms. The minimum Gasteiger partial charge on any atom is -0.452 e. The summed E-state index contributed by atoms with van der Waals surface area (Å²) < 4.78 is 4.39. The van der Waals surface area contributed by atoms with E-state index < -0.39 is 12.1 Å². The van der Waals surface area contributed by atoms with Crippen molar-refractivity contribution in [1.29, 1.82) is 0 Å². The van der Waals surface area contributed by atoms with Gasteiger partial charge in [-0.05, 0) is 79.4 Å². The van der Waals surface area contributed by atoms with Crippen molar-refractivity contribution in [2.45, 2.75) is 43.9 Å². The summed E-state index contributed by atoms with van der Waals surface area (Å²) in [6.07, 6.45) is 7.27. The number of urea groups is 1. The molecule has 4 aliphatic rings. The highest BCUT2D eigenvalue weighted by atomic mass is 35.5. The number of nitrogens with one attached hydrogen (secondary N) is 3. The third kappa shape index (κ3) is 3.22. The van der Waals surface area contributed by atoms with E-state index in [0.717, 1.165) is 17.8 Å². The molecule has 140 valence electrons. The highest BCUT2D eigenvalue weighted by Gasteiger charge is 2.51. The van der Waals surface area contributed by atoms with Crippen LogP contribution in [0.15, 0.2) is 18.2 Å². The number of rotatable bonds is 2. The lowest BCUT2D eigenvalue weighted by molar-refractivity contribution is -0.00517. The molecule has 6 nitrogen and oxygen atoms in total. The van der Waals surface area contributed by atoms with Crippen LogP contribution < -0.4 is 16.2 Å². The lowest BCUT2D eigenvalue weighted by Gasteiger charge is -2.57. The molecule has 4 saturated carbocycles. The first-order valence-corrected chi connectivity index (χ1v) is 9.56. The van der Waals surface area contributed by atoms with Crippen molar-refractivity contribution in [3.8, 4) is 0 Å². The summed E-state index contributed by atoms with van der Waals surface area (Å²) in [5.41, 5.74) is 6.40. The highest BCUT2D eigenvalue weighted by molar-refractivity contribution is 6.33. The number of carbonyl (C=O) groups excluding carboxylic acids is 2. The Kier molecular flexibility index (Phi) is 4.47. The summed E-state index contributed by atoms with van der Waals surface area (Å²) in [7, 11) is 1.22. The van der Waals surface area contributed by atoms with Crippen molar-refractivity contribution >= 4 is 29.4 Å². The van der Waals surface area contributed by atoms with Crippen LogP contribution in [0.4, 0.5) is 15.3 Å². The maximum atomic E-state index is 11.8. The van der Waals surface area contributed by atoms with E-state index in [4.69, 9.17) is 11.6 Å². The Bertz CT molecular complexity index is 701. The molecular formula is C19H24ClN3O3. The van der Waals surface area contributed by atoms with E-state index in [1.807, 2.05) is 12.1 Å². The number of hydrazine groups is 1. The Labute approximate surface area is 158 Å². The zero-order valence-electron chi connectivity index (χ0n) is 14.8. The van der Waals surface area contributed by atoms with E-state index in [2.05, 4.69) is 27.0 Å². The van der Waals surface area contributed by atoms with E-state index >= 15 is 0 Å². The van der Waals surface area contributed by atoms with Crippen molar-refractivity contribution in [2.24, 2.45) is 17.8 Å². The minimum absolute atomic E-state index is 0.269. The second-order valence-corrected chi connectivity index (χ2v) is 8.50. The first-order valence-electron chi connectivity index (χ1n) is 9.18. The Morgan fingerprint density at radius 1 is 1.08 bits per heavy atom. The normalized spacial score (nSPS) is 31.4. The van der Waals surface area contributed by atoms with Gasteiger partial charge in [0, 0.05) is 0 Å². The number of methoxy groups -OCH3 is 1. The van der Waals surface area contributed by atoms with Crippen molar-refractivity contribution in [1.82, 2.24) is 10.9 Å². The van der Waals surface area contributed by atoms with Gasteiger partial charge in [-0.2, -0.15) is 0 Å². The van der Waals surface area contributed by atoms with Crippen molar-refractivity contribution in [3.05, 3.63) is 28.8 Å². The van der Waals surface area contributed by atoms with Gasteiger partial charge in [0.15, 0.2) is 0 Å². The molecule has 0 aliphatic heterocycles. The van der Waals surface area contributed by atoms with Gasteiger partial charge in [-0.3, -0.25) is 0 Å². The molecule has 0 unspecified atom stereocenters. The van der Waals surface area contributed by atoms with Crippen LogP contribution in [0.25, 0.3) is 0 Å². The van der Waals surface area contributed by atoms with Gasteiger partial charge >= 0.3 is 12.1 Å². The Morgan fingerprint density at radius 3 is 2.23 bits per heavy atom. The van der Waals surface area contributed by atoms with E-state index in [9.17, 15) is 9.59 Å². The number of halogens is 1. The zero-order valence-corrected chi connectivity index (χ0v) is 15.6. The quantitative estimate of drug-likeness (QED) is 0.676. The summed E-state index contributed by atoms with van der Waals surface area (Å²) in [6, 6.07) is 5.38. The van der Waals surface area contributed by atoms with Crippen molar-refractivity contribution < 1.29 is 14.3 Å². The highest BCUT2D eigenvalue weighted by Crippen LogP contribution is 2.60. The monoisotopic (exact) mass is 377 g/mol. The predicted molar refractivity (Wildman–Crippen MR) is 99.0 cm³/mol. The van der Waals surface area contributed by atoms with Gasteiger partial charge < -0.3 is 10.1 Å². The average molecular weight is 378 g/mol. The smallest absolute Gasteiger partial charge is 0.425 e. The fraction of sp³-hybridized carbons (Fsp3) is 0.579. The number of hydrogen-bond acceptors (Lipinski definition) is 3. The van der Waals surface area contributed by atoms with Gasteiger partial charge in [0.25, 0.3) is 0 Å². The lowest BCUT2D eigenvalue weighted by Crippen LogP contribution is -2.48. The zero-order chi connectivity index (χ0) is 18.3. The SMILES string of the molecule is COC(=O)NNC(=O)Nc1ccc(C23CC4CC(CC(C4)C2)C3)cc1Cl. The predicted octanol–water partition coefficient (Wildman–Crippen LogP) is 4.20. The summed E-state index contributed by atoms with van der Waals surface area (Å²) in [5, 5.41) is 3.16. The summed E-state index contributed by atoms with van der Waals surface area (Å²) in [4.78, 5) is 22.8. The average Bonchev–Trinajstić information content (AvgIpc) is 2.60. The van der Waals surface area contributed by atoms with Gasteiger partial charge in [-0.25, -0.2) is 20.4 Å². The number of amides is 3. The fourth-order valence-corrected chi connectivity index (χ4v) is 5.95. The Morgan fingerprint density at radius 2 is 1.69 bits per heavy atom. The molecule has 0 heterocycles. The van der Waals surface area contributed by atoms with E-state index in [1.54, 1.807) is 0 Å². The van der Waals surface area contributed by atoms with Crippen LogP contribution in [0.1, 0.15) is 44.1 Å². The van der Waals surface area contributed by atoms with Gasteiger partial charge in [-0.1, -0.05) is 17.7 Å². The largest absolute Gasteiger partial charge is 0.452 e. The third-order valence-electron chi connectivity index (χ3n) is 6.33. The molecule has 5 rings (SSSR count). The summed E-state index contributed by atoms with van der Waals surface area (Å²) in [5.74, 6) is 2.61. The van der Waals surface area contributed by atoms with Gasteiger partial charge in [0.1, 0.15) is 0 Å². The molecule has 7 heteroatoms. The molecule has 0 radical (unpaired) electrons. The Hall–Kier alpha value is -1.95. The molecule has 1 aromatic rings. The van der Waals surface area contributed by atoms with Crippen LogP contribution >= 0.6 is 11.6 Å². The van der Waals surface area contributed by atoms with Gasteiger partial charge in [-0.15, -0.1) is 0 Å². The molecule has 0 spiro atoms. The lowest BCUT2D eigenvalue weighted by atomic mass is 9.48. The molecule has 0 atom stereocenters. The Balaban J connectivity index is 1.46. The first kappa shape index (κ1) is 17.5. The number of benzene rings is 1. The van der Waals surface area contributed by atoms with Crippen LogP contribution in [0.2, 0.25) is 5.02 Å². The molecule has 26 heavy (non-hydrogen) atoms. The molecule has 4 aliphatic carbocycles. The van der Waals surface area contributed by atoms with E-state index in [0.29, 0.717) is 10.7 Å². The van der Waals surface area contributed by atoms with Crippen LogP contribution in [0.3, 0.4) is 0 Å². The molecular weight excluding hydrogens is 354 g/mol. The number of hydrogen-bond donors (Lipinski definition) is 3. The number of ether oxygens (including phenoxy) is 1. The molecule has 1 aromatic carbocycles. The summed E-state index contributed by atoms with van der Waals surface area (Å²) in [6.45, 7) is 0. The van der Waals surface area contributed by atoms with Crippen LogP contribution in [-0.2, 0) is 10.2 Å². The second-order valence-electron chi connectivity index (χ2n) is 8.09. The van der Waals surface area contributed by atoms with E-state index in [-0.39, 0.29) is 5.41 Å². The van der Waals surface area contributed by atoms with Crippen LogP contribution in [0, 0.1) is 17.8 Å². The van der Waals surface area contributed by atoms with Gasteiger partial charge in [0.05, 0.1) is 17.8 Å². The maximum absolute atomic E-state index is 11.8. The van der Waals surface area contributed by atoms with Crippen molar-refractivity contribution in [2.75, 3.05) is 12.4 Å². The molecule has 0 aromatic heterocycles. The molecule has 0 saturated heterocycles. The minimum atomic E-state index is -0.747. The van der Waals surface area contributed by atoms with E-state index in [1.165, 1.54) is 51.2 Å². The topological polar surface area (TPSA) is 79.5 Å². The van der Waals surface area contributed by atoms with Crippen LogP contribution in [-0.4, -0.2) is 19.2 Å². The third-order valence-corrected chi connectivity index (χ3v) is 6.64. The van der Waals surface area contributed by atoms with Crippen molar-refractivity contribution in [3.63, 3.8) is 0 Å². The molecule has 4 fully saturated rings. The van der Waals surface area contributed by atoms with Gasteiger partial charge in [0.2, 0.25) is 0 Å². The molecule has 3 amide bonds. The second kappa shape index (κ2) is 6.65. The number of carbonyl (C=O) groups is 2. The fourth-order valence-electron chi connectivity index (χ4n) is 5.72. The summed E-state index contributed by atoms with van der Waals surface area (Å²) >= 11 is 6.45. The maximum Gasteiger partial charge on any atom is 0.425 e. The molecule has 3 N–H and O–H groups in total. The first-order chi connectivity index (χ1) is 12.5. The standard InChI is InChI=1S/C19H24ClN3O3/c1-26-18(25)23-22-17(24)21-16-3-2-14(7-15(16)20)19-8-11-4-12(9-19)6-13(5-11)10-19/h2-3,7,11-13H,4-6,8-10H2,1H3,(H,23,25)(H2,21,22,24).